The van der Waals surface area contributed by atoms with Crippen LogP contribution in [0.5, 0.6) is 0 Å². The van der Waals surface area contributed by atoms with E-state index in [4.69, 9.17) is 0 Å². The number of fused-ring (bicyclic) bond motifs is 3. The number of benzene rings is 1. The maximum absolute atomic E-state index is 4.28. The molecule has 15 heavy (non-hydrogen) atoms. The van der Waals surface area contributed by atoms with Gasteiger partial charge in [-0.05, 0) is 23.0 Å². The van der Waals surface area contributed by atoms with E-state index in [1.54, 1.807) is 6.20 Å². The Morgan fingerprint density at radius 3 is 2.93 bits per heavy atom. The Hall–Kier alpha value is -1.44. The second-order valence-electron chi connectivity index (χ2n) is 3.15. The van der Waals surface area contributed by atoms with E-state index in [-0.39, 0.29) is 17.1 Å². The van der Waals surface area contributed by atoms with Gasteiger partial charge in [-0.3, -0.25) is 4.98 Å². The summed E-state index contributed by atoms with van der Waals surface area (Å²) in [6, 6.07) is 11.8. The third-order valence-electron chi connectivity index (χ3n) is 2.30. The summed E-state index contributed by atoms with van der Waals surface area (Å²) in [5, 5.41) is 2.21. The number of hydrogen-bond acceptors (Lipinski definition) is 2. The average molecular weight is 235 g/mol. The number of nitrogens with zero attached hydrogens (tertiary/aromatic N) is 2. The van der Waals surface area contributed by atoms with Crippen molar-refractivity contribution in [3.8, 4) is 0 Å². The number of aromatic nitrogens is 2. The molecule has 0 saturated heterocycles. The zero-order chi connectivity index (χ0) is 9.38. The molecule has 0 atom stereocenters. The predicted molar refractivity (Wildman–Crippen MR) is 55.9 cm³/mol. The number of rotatable bonds is 0. The summed E-state index contributed by atoms with van der Waals surface area (Å²) in [6.45, 7) is 0. The SMILES string of the molecule is [Fe].[c-]1ccc2ccc3ncccc3c2n1. The molecule has 2 heterocycles. The Bertz CT molecular complexity index is 553. The minimum absolute atomic E-state index is 0. The van der Waals surface area contributed by atoms with Crippen LogP contribution in [0, 0.1) is 6.20 Å². The molecule has 0 bridgehead atoms. The minimum atomic E-state index is 0. The quantitative estimate of drug-likeness (QED) is 0.340. The summed E-state index contributed by atoms with van der Waals surface area (Å²) in [4.78, 5) is 8.52. The van der Waals surface area contributed by atoms with Crippen LogP contribution >= 0.6 is 0 Å². The standard InChI is InChI=1S/C12H7N2.Fe/c1-3-9-5-6-11-10(4-2-7-13-11)12(9)14-8-1;/h1-7H;/q-1;. The van der Waals surface area contributed by atoms with Crippen LogP contribution in [0.3, 0.4) is 0 Å². The molecule has 1 aromatic carbocycles. The fourth-order valence-corrected chi connectivity index (χ4v) is 1.64. The van der Waals surface area contributed by atoms with Gasteiger partial charge in [0.15, 0.2) is 0 Å². The molecule has 2 nitrogen and oxygen atoms in total. The summed E-state index contributed by atoms with van der Waals surface area (Å²) in [5.41, 5.74) is 1.95. The van der Waals surface area contributed by atoms with Crippen molar-refractivity contribution in [2.24, 2.45) is 0 Å². The van der Waals surface area contributed by atoms with Crippen LogP contribution in [0.15, 0.2) is 42.6 Å². The summed E-state index contributed by atoms with van der Waals surface area (Å²) >= 11 is 0. The third kappa shape index (κ3) is 1.60. The van der Waals surface area contributed by atoms with Crippen molar-refractivity contribution in [2.75, 3.05) is 0 Å². The van der Waals surface area contributed by atoms with Gasteiger partial charge in [-0.15, -0.1) is 5.39 Å². The van der Waals surface area contributed by atoms with Gasteiger partial charge in [0.05, 0.1) is 5.52 Å². The van der Waals surface area contributed by atoms with E-state index in [1.807, 2.05) is 36.4 Å². The predicted octanol–water partition coefficient (Wildman–Crippen LogP) is 2.58. The maximum atomic E-state index is 4.28. The monoisotopic (exact) mass is 235 g/mol. The molecule has 0 fully saturated rings. The first-order valence-electron chi connectivity index (χ1n) is 4.46. The summed E-state index contributed by atoms with van der Waals surface area (Å²) in [7, 11) is 0. The molecule has 3 aromatic rings. The second-order valence-corrected chi connectivity index (χ2v) is 3.15. The van der Waals surface area contributed by atoms with Crippen LogP contribution in [0.25, 0.3) is 21.8 Å². The maximum Gasteiger partial charge on any atom is 0.0600 e. The number of hydrogen-bond donors (Lipinski definition) is 0. The van der Waals surface area contributed by atoms with E-state index in [0.29, 0.717) is 0 Å². The zero-order valence-corrected chi connectivity index (χ0v) is 8.89. The molecule has 0 N–H and O–H groups in total. The molecule has 0 amide bonds. The van der Waals surface area contributed by atoms with E-state index in [0.717, 1.165) is 21.8 Å². The summed E-state index contributed by atoms with van der Waals surface area (Å²) in [6.07, 6.45) is 4.64. The van der Waals surface area contributed by atoms with Crippen molar-refractivity contribution in [2.45, 2.75) is 0 Å². The van der Waals surface area contributed by atoms with Gasteiger partial charge in [0.25, 0.3) is 0 Å². The topological polar surface area (TPSA) is 25.8 Å². The van der Waals surface area contributed by atoms with Crippen molar-refractivity contribution in [1.29, 1.82) is 0 Å². The average Bonchev–Trinajstić information content (AvgIpc) is 2.29. The minimum Gasteiger partial charge on any atom is -0.385 e. The van der Waals surface area contributed by atoms with Crippen molar-refractivity contribution >= 4 is 21.8 Å². The Morgan fingerprint density at radius 1 is 1.07 bits per heavy atom. The van der Waals surface area contributed by atoms with E-state index >= 15 is 0 Å². The third-order valence-corrected chi connectivity index (χ3v) is 2.30. The van der Waals surface area contributed by atoms with Gasteiger partial charge in [-0.1, -0.05) is 18.3 Å². The summed E-state index contributed by atoms with van der Waals surface area (Å²) in [5.74, 6) is 0. The Morgan fingerprint density at radius 2 is 2.00 bits per heavy atom. The second kappa shape index (κ2) is 3.97. The van der Waals surface area contributed by atoms with Gasteiger partial charge in [0.2, 0.25) is 0 Å². The first-order chi connectivity index (χ1) is 6.95. The molecule has 0 aliphatic rings. The Labute approximate surface area is 97.8 Å². The van der Waals surface area contributed by atoms with E-state index < -0.39 is 0 Å². The van der Waals surface area contributed by atoms with Crippen molar-refractivity contribution in [1.82, 2.24) is 9.97 Å². The molecular formula is C12H7FeN2-. The fraction of sp³-hybridized carbons (Fsp3) is 0. The van der Waals surface area contributed by atoms with Crippen molar-refractivity contribution in [3.05, 3.63) is 48.8 Å². The molecule has 0 unspecified atom stereocenters. The van der Waals surface area contributed by atoms with Crippen molar-refractivity contribution < 1.29 is 17.1 Å². The van der Waals surface area contributed by atoms with Crippen LogP contribution in [-0.2, 0) is 17.1 Å². The van der Waals surface area contributed by atoms with Gasteiger partial charge in [-0.25, -0.2) is 0 Å². The molecule has 0 radical (unpaired) electrons. The van der Waals surface area contributed by atoms with Crippen LogP contribution in [0.4, 0.5) is 0 Å². The van der Waals surface area contributed by atoms with Crippen LogP contribution in [0.2, 0.25) is 0 Å². The van der Waals surface area contributed by atoms with Gasteiger partial charge < -0.3 is 4.98 Å². The van der Waals surface area contributed by atoms with Gasteiger partial charge in [0.1, 0.15) is 0 Å². The molecule has 3 rings (SSSR count). The van der Waals surface area contributed by atoms with Crippen LogP contribution in [-0.4, -0.2) is 9.97 Å². The first kappa shape index (κ1) is 10.1. The zero-order valence-electron chi connectivity index (χ0n) is 7.79. The normalized spacial score (nSPS) is 10.1. The molecule has 3 heteroatoms. The van der Waals surface area contributed by atoms with E-state index in [9.17, 15) is 0 Å². The number of pyridine rings is 2. The molecule has 0 spiro atoms. The molecule has 74 valence electrons. The van der Waals surface area contributed by atoms with Gasteiger partial charge >= 0.3 is 0 Å². The molecule has 2 aromatic heterocycles. The molecular weight excluding hydrogens is 228 g/mol. The van der Waals surface area contributed by atoms with Crippen molar-refractivity contribution in [3.63, 3.8) is 0 Å². The summed E-state index contributed by atoms with van der Waals surface area (Å²) < 4.78 is 0. The van der Waals surface area contributed by atoms with E-state index in [2.05, 4.69) is 16.2 Å². The van der Waals surface area contributed by atoms with E-state index in [1.165, 1.54) is 0 Å². The van der Waals surface area contributed by atoms with Gasteiger partial charge in [-0.2, -0.15) is 12.1 Å². The largest absolute Gasteiger partial charge is 0.385 e. The van der Waals surface area contributed by atoms with Gasteiger partial charge in [0, 0.05) is 23.3 Å². The van der Waals surface area contributed by atoms with Crippen LogP contribution in [0.1, 0.15) is 0 Å². The molecule has 0 aliphatic heterocycles. The molecule has 0 aliphatic carbocycles. The Kier molecular flexibility index (Phi) is 2.67. The van der Waals surface area contributed by atoms with Crippen LogP contribution < -0.4 is 0 Å². The molecule has 0 saturated carbocycles. The smallest absolute Gasteiger partial charge is 0.0600 e. The Balaban J connectivity index is 0.000000853. The fourth-order valence-electron chi connectivity index (χ4n) is 1.64. The first-order valence-corrected chi connectivity index (χ1v) is 4.46.